The van der Waals surface area contributed by atoms with E-state index in [0.717, 1.165) is 5.69 Å². The molecular formula is C11H19N5O2. The molecule has 0 aromatic carbocycles. The number of amides is 2. The molecule has 1 aromatic heterocycles. The fourth-order valence-electron chi connectivity index (χ4n) is 1.53. The minimum Gasteiger partial charge on any atom is -0.395 e. The lowest BCUT2D eigenvalue weighted by Gasteiger charge is -2.04. The van der Waals surface area contributed by atoms with Crippen LogP contribution < -0.4 is 16.8 Å². The third kappa shape index (κ3) is 3.47. The lowest BCUT2D eigenvalue weighted by Crippen LogP contribution is -2.26. The van der Waals surface area contributed by atoms with Crippen molar-refractivity contribution in [2.24, 2.45) is 5.73 Å². The van der Waals surface area contributed by atoms with Crippen molar-refractivity contribution in [3.05, 3.63) is 11.4 Å². The van der Waals surface area contributed by atoms with Crippen LogP contribution in [0.3, 0.4) is 0 Å². The van der Waals surface area contributed by atoms with Crippen molar-refractivity contribution in [3.8, 4) is 0 Å². The normalized spacial score (nSPS) is 10.6. The van der Waals surface area contributed by atoms with Gasteiger partial charge in [-0.15, -0.1) is 0 Å². The minimum atomic E-state index is -0.384. The third-order valence-corrected chi connectivity index (χ3v) is 2.51. The standard InChI is InChI=1S/C11H19N5O2/c1-6(2)9-8(13)10(16-15-9)11(18)14-5-3-4-7(12)17/h6H,3-5,13H2,1-2H3,(H2,12,17)(H,14,18)(H,15,16). The van der Waals surface area contributed by atoms with Gasteiger partial charge < -0.3 is 16.8 Å². The molecule has 0 saturated carbocycles. The number of H-pyrrole nitrogens is 1. The Bertz CT molecular complexity index is 439. The maximum absolute atomic E-state index is 11.8. The maximum atomic E-state index is 11.8. The molecule has 0 bridgehead atoms. The Morgan fingerprint density at radius 1 is 1.44 bits per heavy atom. The Morgan fingerprint density at radius 3 is 2.61 bits per heavy atom. The molecule has 1 heterocycles. The van der Waals surface area contributed by atoms with Gasteiger partial charge in [-0.2, -0.15) is 5.10 Å². The number of carbonyl (C=O) groups is 2. The topological polar surface area (TPSA) is 127 Å². The first-order valence-electron chi connectivity index (χ1n) is 5.83. The Balaban J connectivity index is 2.54. The predicted octanol–water partition coefficient (Wildman–Crippen LogP) is 0.111. The van der Waals surface area contributed by atoms with Crippen molar-refractivity contribution >= 4 is 17.5 Å². The number of rotatable bonds is 6. The molecule has 0 saturated heterocycles. The molecule has 18 heavy (non-hydrogen) atoms. The SMILES string of the molecule is CC(C)c1[nH]nc(C(=O)NCCCC(N)=O)c1N. The van der Waals surface area contributed by atoms with E-state index in [9.17, 15) is 9.59 Å². The van der Waals surface area contributed by atoms with E-state index in [1.807, 2.05) is 13.8 Å². The van der Waals surface area contributed by atoms with Gasteiger partial charge in [0, 0.05) is 13.0 Å². The highest BCUT2D eigenvalue weighted by atomic mass is 16.2. The molecule has 7 nitrogen and oxygen atoms in total. The second-order valence-corrected chi connectivity index (χ2v) is 4.38. The van der Waals surface area contributed by atoms with Crippen LogP contribution in [-0.2, 0) is 4.79 Å². The Labute approximate surface area is 105 Å². The number of nitrogen functional groups attached to an aromatic ring is 1. The quantitative estimate of drug-likeness (QED) is 0.536. The summed E-state index contributed by atoms with van der Waals surface area (Å²) < 4.78 is 0. The molecule has 1 rings (SSSR count). The molecule has 7 heteroatoms. The first-order valence-corrected chi connectivity index (χ1v) is 5.83. The van der Waals surface area contributed by atoms with Gasteiger partial charge in [0.25, 0.3) is 5.91 Å². The Hall–Kier alpha value is -2.05. The molecule has 6 N–H and O–H groups in total. The van der Waals surface area contributed by atoms with Gasteiger partial charge in [0.15, 0.2) is 5.69 Å². The van der Waals surface area contributed by atoms with Gasteiger partial charge in [0.2, 0.25) is 5.91 Å². The first kappa shape index (κ1) is 14.0. The number of carbonyl (C=O) groups excluding carboxylic acids is 2. The molecule has 1 aromatic rings. The first-order chi connectivity index (χ1) is 8.43. The second kappa shape index (κ2) is 6.04. The van der Waals surface area contributed by atoms with E-state index in [1.54, 1.807) is 0 Å². The summed E-state index contributed by atoms with van der Waals surface area (Å²) >= 11 is 0. The predicted molar refractivity (Wildman–Crippen MR) is 67.9 cm³/mol. The molecule has 2 amide bonds. The average Bonchev–Trinajstić information content (AvgIpc) is 2.66. The van der Waals surface area contributed by atoms with Crippen LogP contribution in [-0.4, -0.2) is 28.6 Å². The van der Waals surface area contributed by atoms with E-state index in [1.165, 1.54) is 0 Å². The van der Waals surface area contributed by atoms with E-state index in [4.69, 9.17) is 11.5 Å². The van der Waals surface area contributed by atoms with Crippen molar-refractivity contribution in [2.45, 2.75) is 32.6 Å². The molecule has 0 fully saturated rings. The van der Waals surface area contributed by atoms with Gasteiger partial charge in [-0.05, 0) is 12.3 Å². The number of hydrogen-bond donors (Lipinski definition) is 4. The largest absolute Gasteiger partial charge is 0.395 e. The number of hydrogen-bond acceptors (Lipinski definition) is 4. The number of aromatic nitrogens is 2. The molecular weight excluding hydrogens is 234 g/mol. The smallest absolute Gasteiger partial charge is 0.273 e. The highest BCUT2D eigenvalue weighted by Crippen LogP contribution is 2.21. The van der Waals surface area contributed by atoms with Crippen molar-refractivity contribution in [2.75, 3.05) is 12.3 Å². The third-order valence-electron chi connectivity index (χ3n) is 2.51. The maximum Gasteiger partial charge on any atom is 0.273 e. The van der Waals surface area contributed by atoms with Crippen LogP contribution in [0.2, 0.25) is 0 Å². The molecule has 100 valence electrons. The summed E-state index contributed by atoms with van der Waals surface area (Å²) in [6.07, 6.45) is 0.746. The molecule has 0 unspecified atom stereocenters. The second-order valence-electron chi connectivity index (χ2n) is 4.38. The lowest BCUT2D eigenvalue weighted by molar-refractivity contribution is -0.118. The summed E-state index contributed by atoms with van der Waals surface area (Å²) in [5.41, 5.74) is 12.1. The van der Waals surface area contributed by atoms with E-state index >= 15 is 0 Å². The fraction of sp³-hybridized carbons (Fsp3) is 0.545. The summed E-state index contributed by atoms with van der Waals surface area (Å²) in [5.74, 6) is -0.556. The number of nitrogens with zero attached hydrogens (tertiary/aromatic N) is 1. The van der Waals surface area contributed by atoms with Crippen molar-refractivity contribution < 1.29 is 9.59 Å². The fourth-order valence-corrected chi connectivity index (χ4v) is 1.53. The van der Waals surface area contributed by atoms with Gasteiger partial charge in [0.1, 0.15) is 0 Å². The molecule has 0 aliphatic rings. The molecule has 0 aliphatic carbocycles. The van der Waals surface area contributed by atoms with Crippen LogP contribution in [0.25, 0.3) is 0 Å². The zero-order valence-electron chi connectivity index (χ0n) is 10.6. The van der Waals surface area contributed by atoms with Crippen LogP contribution in [0.4, 0.5) is 5.69 Å². The molecule has 0 radical (unpaired) electrons. The lowest BCUT2D eigenvalue weighted by atomic mass is 10.1. The van der Waals surface area contributed by atoms with E-state index in [0.29, 0.717) is 18.7 Å². The minimum absolute atomic E-state index is 0.175. The van der Waals surface area contributed by atoms with Gasteiger partial charge in [-0.25, -0.2) is 0 Å². The van der Waals surface area contributed by atoms with Crippen molar-refractivity contribution in [3.63, 3.8) is 0 Å². The number of nitrogens with two attached hydrogens (primary N) is 2. The summed E-state index contributed by atoms with van der Waals surface area (Å²) in [6, 6.07) is 0. The van der Waals surface area contributed by atoms with Crippen LogP contribution in [0.1, 0.15) is 48.8 Å². The monoisotopic (exact) mass is 253 g/mol. The summed E-state index contributed by atoms with van der Waals surface area (Å²) in [4.78, 5) is 22.3. The van der Waals surface area contributed by atoms with Gasteiger partial charge in [-0.1, -0.05) is 13.8 Å². The van der Waals surface area contributed by atoms with E-state index in [2.05, 4.69) is 15.5 Å². The van der Waals surface area contributed by atoms with Gasteiger partial charge >= 0.3 is 0 Å². The number of nitrogens with one attached hydrogen (secondary N) is 2. The summed E-state index contributed by atoms with van der Waals surface area (Å²) in [5, 5.41) is 9.29. The van der Waals surface area contributed by atoms with Crippen LogP contribution in [0.15, 0.2) is 0 Å². The van der Waals surface area contributed by atoms with Crippen LogP contribution in [0.5, 0.6) is 0 Å². The van der Waals surface area contributed by atoms with Gasteiger partial charge in [0.05, 0.1) is 11.4 Å². The average molecular weight is 253 g/mol. The summed E-state index contributed by atoms with van der Waals surface area (Å²) in [7, 11) is 0. The van der Waals surface area contributed by atoms with Crippen LogP contribution >= 0.6 is 0 Å². The molecule has 0 aliphatic heterocycles. The highest BCUT2D eigenvalue weighted by molar-refractivity contribution is 5.97. The van der Waals surface area contributed by atoms with E-state index in [-0.39, 0.29) is 29.8 Å². The van der Waals surface area contributed by atoms with Crippen molar-refractivity contribution in [1.82, 2.24) is 15.5 Å². The zero-order valence-corrected chi connectivity index (χ0v) is 10.6. The van der Waals surface area contributed by atoms with E-state index < -0.39 is 0 Å². The molecule has 0 atom stereocenters. The number of aromatic amines is 1. The highest BCUT2D eigenvalue weighted by Gasteiger charge is 2.18. The van der Waals surface area contributed by atoms with Gasteiger partial charge in [-0.3, -0.25) is 14.7 Å². The summed E-state index contributed by atoms with van der Waals surface area (Å²) in [6.45, 7) is 4.28. The number of primary amides is 1. The molecule has 0 spiro atoms. The van der Waals surface area contributed by atoms with Crippen LogP contribution in [0, 0.1) is 0 Å². The van der Waals surface area contributed by atoms with Crippen molar-refractivity contribution in [1.29, 1.82) is 0 Å². The Morgan fingerprint density at radius 2 is 2.11 bits per heavy atom. The number of anilines is 1. The zero-order chi connectivity index (χ0) is 13.7. The Kier molecular flexibility index (Phi) is 4.70.